The van der Waals surface area contributed by atoms with Crippen LogP contribution in [0.3, 0.4) is 0 Å². The normalized spacial score (nSPS) is 18.9. The zero-order chi connectivity index (χ0) is 12.1. The van der Waals surface area contributed by atoms with E-state index in [1.807, 2.05) is 19.1 Å². The highest BCUT2D eigenvalue weighted by Gasteiger charge is 2.22. The molecule has 4 heteroatoms. The third-order valence-electron chi connectivity index (χ3n) is 3.19. The minimum absolute atomic E-state index is 0.128. The van der Waals surface area contributed by atoms with E-state index in [-0.39, 0.29) is 17.9 Å². The maximum absolute atomic E-state index is 12.0. The van der Waals surface area contributed by atoms with Gasteiger partial charge in [0.05, 0.1) is 6.26 Å². The lowest BCUT2D eigenvalue weighted by Crippen LogP contribution is -2.42. The summed E-state index contributed by atoms with van der Waals surface area (Å²) in [6.07, 6.45) is 4.30. The van der Waals surface area contributed by atoms with Gasteiger partial charge in [-0.3, -0.25) is 4.79 Å². The molecule has 94 valence electrons. The molecular weight excluding hydrogens is 216 g/mol. The van der Waals surface area contributed by atoms with Gasteiger partial charge in [-0.1, -0.05) is 0 Å². The van der Waals surface area contributed by atoms with E-state index in [9.17, 15) is 4.79 Å². The maximum Gasteiger partial charge on any atom is 0.223 e. The Morgan fingerprint density at radius 1 is 1.59 bits per heavy atom. The maximum atomic E-state index is 12.0. The molecule has 0 spiro atoms. The standard InChI is InChI=1S/C13H20N2O2/c1-10(9-12-3-2-8-17-12)15-13(16)11-4-6-14-7-5-11/h2-3,8,10-11,14H,4-7,9H2,1H3,(H,15,16). The molecular formula is C13H20N2O2. The largest absolute Gasteiger partial charge is 0.469 e. The number of amides is 1. The molecule has 0 bridgehead atoms. The highest BCUT2D eigenvalue weighted by atomic mass is 16.3. The molecule has 0 aliphatic carbocycles. The number of rotatable bonds is 4. The molecule has 4 nitrogen and oxygen atoms in total. The van der Waals surface area contributed by atoms with Crippen molar-refractivity contribution in [2.45, 2.75) is 32.2 Å². The molecule has 1 amide bonds. The lowest BCUT2D eigenvalue weighted by atomic mass is 9.97. The van der Waals surface area contributed by atoms with Gasteiger partial charge < -0.3 is 15.1 Å². The van der Waals surface area contributed by atoms with Crippen LogP contribution >= 0.6 is 0 Å². The first kappa shape index (κ1) is 12.2. The van der Waals surface area contributed by atoms with Crippen LogP contribution in [0.15, 0.2) is 22.8 Å². The molecule has 17 heavy (non-hydrogen) atoms. The van der Waals surface area contributed by atoms with Crippen molar-refractivity contribution in [1.29, 1.82) is 0 Å². The number of piperidine rings is 1. The zero-order valence-electron chi connectivity index (χ0n) is 10.2. The molecule has 2 heterocycles. The van der Waals surface area contributed by atoms with E-state index in [1.165, 1.54) is 0 Å². The van der Waals surface area contributed by atoms with Crippen LogP contribution in [0.4, 0.5) is 0 Å². The second-order valence-electron chi connectivity index (χ2n) is 4.72. The Kier molecular flexibility index (Phi) is 4.20. The van der Waals surface area contributed by atoms with Crippen LogP contribution in [0.25, 0.3) is 0 Å². The van der Waals surface area contributed by atoms with Crippen molar-refractivity contribution in [3.8, 4) is 0 Å². The van der Waals surface area contributed by atoms with Gasteiger partial charge in [-0.05, 0) is 45.0 Å². The highest BCUT2D eigenvalue weighted by Crippen LogP contribution is 2.12. The molecule has 1 aromatic rings. The van der Waals surface area contributed by atoms with E-state index in [1.54, 1.807) is 6.26 Å². The summed E-state index contributed by atoms with van der Waals surface area (Å²) < 4.78 is 5.27. The molecule has 0 radical (unpaired) electrons. The summed E-state index contributed by atoms with van der Waals surface area (Å²) in [5.74, 6) is 1.28. The van der Waals surface area contributed by atoms with E-state index in [0.29, 0.717) is 0 Å². The van der Waals surface area contributed by atoms with E-state index in [0.717, 1.165) is 38.1 Å². The molecule has 1 aromatic heterocycles. The van der Waals surface area contributed by atoms with Crippen molar-refractivity contribution in [1.82, 2.24) is 10.6 Å². The summed E-state index contributed by atoms with van der Waals surface area (Å²) in [6, 6.07) is 3.94. The Bertz CT molecular complexity index is 342. The number of hydrogen-bond donors (Lipinski definition) is 2. The molecule has 0 saturated carbocycles. The predicted octanol–water partition coefficient (Wildman–Crippen LogP) is 1.33. The lowest BCUT2D eigenvalue weighted by molar-refractivity contribution is -0.126. The topological polar surface area (TPSA) is 54.3 Å². The molecule has 2 N–H and O–H groups in total. The van der Waals surface area contributed by atoms with Gasteiger partial charge in [0.25, 0.3) is 0 Å². The minimum atomic E-state index is 0.128. The second kappa shape index (κ2) is 5.87. The van der Waals surface area contributed by atoms with Gasteiger partial charge in [0, 0.05) is 18.4 Å². The van der Waals surface area contributed by atoms with Gasteiger partial charge >= 0.3 is 0 Å². The summed E-state index contributed by atoms with van der Waals surface area (Å²) in [5.41, 5.74) is 0. The average molecular weight is 236 g/mol. The molecule has 1 atom stereocenters. The number of hydrogen-bond acceptors (Lipinski definition) is 3. The fraction of sp³-hybridized carbons (Fsp3) is 0.615. The predicted molar refractivity (Wildman–Crippen MR) is 65.6 cm³/mol. The first-order chi connectivity index (χ1) is 8.25. The van der Waals surface area contributed by atoms with Gasteiger partial charge in [0.1, 0.15) is 5.76 Å². The fourth-order valence-electron chi connectivity index (χ4n) is 2.23. The SMILES string of the molecule is CC(Cc1ccco1)NC(=O)C1CCNCC1. The Balaban J connectivity index is 1.77. The Hall–Kier alpha value is -1.29. The molecule has 1 fully saturated rings. The van der Waals surface area contributed by atoms with Gasteiger partial charge in [0.15, 0.2) is 0 Å². The van der Waals surface area contributed by atoms with Gasteiger partial charge in [-0.25, -0.2) is 0 Å². The smallest absolute Gasteiger partial charge is 0.223 e. The summed E-state index contributed by atoms with van der Waals surface area (Å²) >= 11 is 0. The lowest BCUT2D eigenvalue weighted by Gasteiger charge is -2.23. The van der Waals surface area contributed by atoms with Crippen molar-refractivity contribution in [3.63, 3.8) is 0 Å². The van der Waals surface area contributed by atoms with Crippen LogP contribution in [0, 0.1) is 5.92 Å². The van der Waals surface area contributed by atoms with Crippen LogP contribution < -0.4 is 10.6 Å². The zero-order valence-corrected chi connectivity index (χ0v) is 10.2. The first-order valence-corrected chi connectivity index (χ1v) is 6.29. The van der Waals surface area contributed by atoms with Crippen molar-refractivity contribution in [2.75, 3.05) is 13.1 Å². The van der Waals surface area contributed by atoms with Crippen molar-refractivity contribution in [3.05, 3.63) is 24.2 Å². The summed E-state index contributed by atoms with van der Waals surface area (Å²) in [4.78, 5) is 12.0. The molecule has 0 aromatic carbocycles. The molecule has 1 unspecified atom stereocenters. The first-order valence-electron chi connectivity index (χ1n) is 6.29. The summed E-state index contributed by atoms with van der Waals surface area (Å²) in [6.45, 7) is 3.91. The van der Waals surface area contributed by atoms with Gasteiger partial charge in [0.2, 0.25) is 5.91 Å². The van der Waals surface area contributed by atoms with Gasteiger partial charge in [-0.15, -0.1) is 0 Å². The Morgan fingerprint density at radius 2 is 2.35 bits per heavy atom. The van der Waals surface area contributed by atoms with Crippen molar-refractivity contribution in [2.24, 2.45) is 5.92 Å². The minimum Gasteiger partial charge on any atom is -0.469 e. The second-order valence-corrected chi connectivity index (χ2v) is 4.72. The molecule has 1 aliphatic heterocycles. The van der Waals surface area contributed by atoms with Crippen LogP contribution in [-0.4, -0.2) is 25.0 Å². The quantitative estimate of drug-likeness (QED) is 0.829. The number of carbonyl (C=O) groups excluding carboxylic acids is 1. The molecule has 1 aliphatic rings. The molecule has 1 saturated heterocycles. The van der Waals surface area contributed by atoms with E-state index >= 15 is 0 Å². The van der Waals surface area contributed by atoms with Crippen molar-refractivity contribution >= 4 is 5.91 Å². The third kappa shape index (κ3) is 3.60. The third-order valence-corrected chi connectivity index (χ3v) is 3.19. The van der Waals surface area contributed by atoms with E-state index < -0.39 is 0 Å². The van der Waals surface area contributed by atoms with E-state index in [4.69, 9.17) is 4.42 Å². The van der Waals surface area contributed by atoms with Crippen LogP contribution in [0.5, 0.6) is 0 Å². The average Bonchev–Trinajstić information content (AvgIpc) is 2.82. The summed E-state index contributed by atoms with van der Waals surface area (Å²) in [7, 11) is 0. The highest BCUT2D eigenvalue weighted by molar-refractivity contribution is 5.79. The van der Waals surface area contributed by atoms with Gasteiger partial charge in [-0.2, -0.15) is 0 Å². The van der Waals surface area contributed by atoms with Crippen LogP contribution in [0.1, 0.15) is 25.5 Å². The summed E-state index contributed by atoms with van der Waals surface area (Å²) in [5, 5.41) is 6.33. The van der Waals surface area contributed by atoms with Crippen molar-refractivity contribution < 1.29 is 9.21 Å². The monoisotopic (exact) mass is 236 g/mol. The van der Waals surface area contributed by atoms with E-state index in [2.05, 4.69) is 10.6 Å². The fourth-order valence-corrected chi connectivity index (χ4v) is 2.23. The number of carbonyl (C=O) groups is 1. The van der Waals surface area contributed by atoms with Crippen LogP contribution in [0.2, 0.25) is 0 Å². The Morgan fingerprint density at radius 3 is 3.00 bits per heavy atom. The Labute approximate surface area is 102 Å². The number of nitrogens with one attached hydrogen (secondary N) is 2. The van der Waals surface area contributed by atoms with Crippen LogP contribution in [-0.2, 0) is 11.2 Å². The molecule has 2 rings (SSSR count). The number of furan rings is 1.